The average molecular weight is 352 g/mol. The van der Waals surface area contributed by atoms with Crippen LogP contribution in [0.2, 0.25) is 0 Å². The van der Waals surface area contributed by atoms with Gasteiger partial charge in [0.25, 0.3) is 0 Å². The van der Waals surface area contributed by atoms with E-state index in [1.165, 1.54) is 19.3 Å². The number of rotatable bonds is 4. The lowest BCUT2D eigenvalue weighted by Crippen LogP contribution is -2.30. The SMILES string of the molecule is O=C(O)c1cccc(C2=NOC(c3ccc(N4CCCCC4)nc3)N2)c1. The number of nitrogens with zero attached hydrogens (tertiary/aromatic N) is 3. The second-order valence-corrected chi connectivity index (χ2v) is 6.45. The molecule has 1 fully saturated rings. The summed E-state index contributed by atoms with van der Waals surface area (Å²) in [5, 5.41) is 16.3. The summed E-state index contributed by atoms with van der Waals surface area (Å²) < 4.78 is 0. The molecule has 0 spiro atoms. The first-order valence-corrected chi connectivity index (χ1v) is 8.76. The summed E-state index contributed by atoms with van der Waals surface area (Å²) in [5.74, 6) is 0.528. The minimum atomic E-state index is -0.972. The molecule has 1 aromatic heterocycles. The number of carboxylic acid groups (broad SMARTS) is 1. The monoisotopic (exact) mass is 352 g/mol. The number of aromatic carboxylic acids is 1. The fourth-order valence-electron chi connectivity index (χ4n) is 3.22. The largest absolute Gasteiger partial charge is 0.478 e. The van der Waals surface area contributed by atoms with Gasteiger partial charge in [0.1, 0.15) is 5.82 Å². The zero-order chi connectivity index (χ0) is 17.9. The van der Waals surface area contributed by atoms with Crippen LogP contribution >= 0.6 is 0 Å². The van der Waals surface area contributed by atoms with Crippen LogP contribution in [0.5, 0.6) is 0 Å². The lowest BCUT2D eigenvalue weighted by Gasteiger charge is -2.27. The maximum Gasteiger partial charge on any atom is 0.335 e. The molecule has 1 saturated heterocycles. The van der Waals surface area contributed by atoms with E-state index in [9.17, 15) is 4.79 Å². The predicted octanol–water partition coefficient (Wildman–Crippen LogP) is 2.75. The Morgan fingerprint density at radius 2 is 2.04 bits per heavy atom. The van der Waals surface area contributed by atoms with Gasteiger partial charge in [-0.1, -0.05) is 17.3 Å². The van der Waals surface area contributed by atoms with E-state index in [-0.39, 0.29) is 5.56 Å². The number of hydrogen-bond acceptors (Lipinski definition) is 6. The van der Waals surface area contributed by atoms with Crippen molar-refractivity contribution in [3.05, 3.63) is 59.3 Å². The molecule has 2 aromatic rings. The van der Waals surface area contributed by atoms with Gasteiger partial charge < -0.3 is 20.2 Å². The van der Waals surface area contributed by atoms with Crippen molar-refractivity contribution in [2.75, 3.05) is 18.0 Å². The third-order valence-electron chi connectivity index (χ3n) is 4.65. The number of benzene rings is 1. The van der Waals surface area contributed by atoms with Crippen LogP contribution in [-0.2, 0) is 4.84 Å². The number of piperidine rings is 1. The van der Waals surface area contributed by atoms with Crippen LogP contribution in [0, 0.1) is 0 Å². The lowest BCUT2D eigenvalue weighted by atomic mass is 10.1. The van der Waals surface area contributed by atoms with Gasteiger partial charge in [0, 0.05) is 30.4 Å². The van der Waals surface area contributed by atoms with E-state index in [1.54, 1.807) is 30.5 Å². The molecule has 2 aliphatic heterocycles. The average Bonchev–Trinajstić information content (AvgIpc) is 3.19. The van der Waals surface area contributed by atoms with Gasteiger partial charge in [-0.2, -0.15) is 0 Å². The number of carbonyl (C=O) groups is 1. The molecular weight excluding hydrogens is 332 g/mol. The normalized spacial score (nSPS) is 19.5. The molecule has 134 valence electrons. The molecule has 2 aliphatic rings. The molecule has 0 aliphatic carbocycles. The van der Waals surface area contributed by atoms with Gasteiger partial charge in [-0.15, -0.1) is 0 Å². The molecule has 7 nitrogen and oxygen atoms in total. The smallest absolute Gasteiger partial charge is 0.335 e. The fourth-order valence-corrected chi connectivity index (χ4v) is 3.22. The van der Waals surface area contributed by atoms with Crippen molar-refractivity contribution in [2.24, 2.45) is 5.16 Å². The van der Waals surface area contributed by atoms with Crippen molar-refractivity contribution in [3.63, 3.8) is 0 Å². The minimum Gasteiger partial charge on any atom is -0.478 e. The van der Waals surface area contributed by atoms with Crippen molar-refractivity contribution < 1.29 is 14.7 Å². The molecule has 1 unspecified atom stereocenters. The molecule has 1 aromatic carbocycles. The maximum atomic E-state index is 11.1. The van der Waals surface area contributed by atoms with E-state index in [0.717, 1.165) is 24.5 Å². The molecule has 1 atom stereocenters. The summed E-state index contributed by atoms with van der Waals surface area (Å²) in [7, 11) is 0. The van der Waals surface area contributed by atoms with Crippen molar-refractivity contribution in [1.82, 2.24) is 10.3 Å². The Morgan fingerprint density at radius 3 is 2.77 bits per heavy atom. The van der Waals surface area contributed by atoms with E-state index in [4.69, 9.17) is 9.94 Å². The molecule has 0 radical (unpaired) electrons. The summed E-state index contributed by atoms with van der Waals surface area (Å²) >= 11 is 0. The highest BCUT2D eigenvalue weighted by molar-refractivity contribution is 6.01. The zero-order valence-electron chi connectivity index (χ0n) is 14.3. The number of pyridine rings is 1. The number of anilines is 1. The van der Waals surface area contributed by atoms with Crippen LogP contribution in [0.15, 0.2) is 47.8 Å². The first-order valence-electron chi connectivity index (χ1n) is 8.76. The molecule has 4 rings (SSSR count). The third kappa shape index (κ3) is 3.33. The lowest BCUT2D eigenvalue weighted by molar-refractivity contribution is 0.0696. The number of aromatic nitrogens is 1. The Labute approximate surface area is 151 Å². The Morgan fingerprint density at radius 1 is 1.19 bits per heavy atom. The number of amidine groups is 1. The number of hydrogen-bond donors (Lipinski definition) is 2. The molecule has 2 N–H and O–H groups in total. The second kappa shape index (κ2) is 7.03. The molecule has 3 heterocycles. The molecule has 0 amide bonds. The fraction of sp³-hybridized carbons (Fsp3) is 0.316. The van der Waals surface area contributed by atoms with Gasteiger partial charge in [0.05, 0.1) is 5.56 Å². The summed E-state index contributed by atoms with van der Waals surface area (Å²) in [6, 6.07) is 10.6. The summed E-state index contributed by atoms with van der Waals surface area (Å²) in [4.78, 5) is 23.4. The molecular formula is C19H20N4O3. The highest BCUT2D eigenvalue weighted by atomic mass is 16.7. The zero-order valence-corrected chi connectivity index (χ0v) is 14.3. The number of oxime groups is 1. The highest BCUT2D eigenvalue weighted by Gasteiger charge is 2.23. The van der Waals surface area contributed by atoms with Crippen LogP contribution in [0.4, 0.5) is 5.82 Å². The second-order valence-electron chi connectivity index (χ2n) is 6.45. The third-order valence-corrected chi connectivity index (χ3v) is 4.65. The Hall–Kier alpha value is -3.09. The summed E-state index contributed by atoms with van der Waals surface area (Å²) in [6.07, 6.45) is 5.08. The van der Waals surface area contributed by atoms with Crippen LogP contribution in [-0.4, -0.2) is 35.0 Å². The van der Waals surface area contributed by atoms with E-state index in [0.29, 0.717) is 11.4 Å². The topological polar surface area (TPSA) is 87.1 Å². The Balaban J connectivity index is 1.44. The standard InChI is InChI=1S/C19H20N4O3/c24-19(25)14-6-4-5-13(11-14)17-21-18(26-22-17)15-7-8-16(20-12-15)23-9-2-1-3-10-23/h4-8,11-12,18H,1-3,9-10H2,(H,21,22)(H,24,25). The summed E-state index contributed by atoms with van der Waals surface area (Å²) in [5.41, 5.74) is 1.76. The van der Waals surface area contributed by atoms with Gasteiger partial charge in [-0.25, -0.2) is 9.78 Å². The van der Waals surface area contributed by atoms with Crippen molar-refractivity contribution in [2.45, 2.75) is 25.5 Å². The van der Waals surface area contributed by atoms with Crippen molar-refractivity contribution in [1.29, 1.82) is 0 Å². The van der Waals surface area contributed by atoms with Crippen molar-refractivity contribution >= 4 is 17.6 Å². The maximum absolute atomic E-state index is 11.1. The van der Waals surface area contributed by atoms with Crippen molar-refractivity contribution in [3.8, 4) is 0 Å². The van der Waals surface area contributed by atoms with Gasteiger partial charge in [-0.05, 0) is 43.5 Å². The van der Waals surface area contributed by atoms with Gasteiger partial charge >= 0.3 is 5.97 Å². The number of carboxylic acids is 1. The molecule has 0 saturated carbocycles. The first kappa shape index (κ1) is 16.4. The molecule has 7 heteroatoms. The minimum absolute atomic E-state index is 0.211. The van der Waals surface area contributed by atoms with E-state index in [2.05, 4.69) is 20.4 Å². The molecule has 0 bridgehead atoms. The van der Waals surface area contributed by atoms with Crippen LogP contribution < -0.4 is 10.2 Å². The highest BCUT2D eigenvalue weighted by Crippen LogP contribution is 2.23. The van der Waals surface area contributed by atoms with Gasteiger partial charge in [-0.3, -0.25) is 0 Å². The van der Waals surface area contributed by atoms with Crippen LogP contribution in [0.3, 0.4) is 0 Å². The van der Waals surface area contributed by atoms with E-state index < -0.39 is 12.2 Å². The van der Waals surface area contributed by atoms with Crippen LogP contribution in [0.1, 0.15) is 47.0 Å². The quantitative estimate of drug-likeness (QED) is 0.880. The Kier molecular flexibility index (Phi) is 4.43. The van der Waals surface area contributed by atoms with E-state index >= 15 is 0 Å². The van der Waals surface area contributed by atoms with Gasteiger partial charge in [0.2, 0.25) is 6.23 Å². The Bertz CT molecular complexity index is 829. The summed E-state index contributed by atoms with van der Waals surface area (Å²) in [6.45, 7) is 2.11. The van der Waals surface area contributed by atoms with E-state index in [1.807, 2.05) is 12.1 Å². The molecule has 26 heavy (non-hydrogen) atoms. The van der Waals surface area contributed by atoms with Crippen LogP contribution in [0.25, 0.3) is 0 Å². The number of nitrogens with one attached hydrogen (secondary N) is 1. The predicted molar refractivity (Wildman–Crippen MR) is 97.2 cm³/mol. The first-order chi connectivity index (χ1) is 12.7. The van der Waals surface area contributed by atoms with Gasteiger partial charge in [0.15, 0.2) is 5.84 Å².